The third-order valence-electron chi connectivity index (χ3n) is 3.53. The van der Waals surface area contributed by atoms with Crippen molar-refractivity contribution in [3.8, 4) is 0 Å². The maximum Gasteiger partial charge on any atom is 0.331 e. The Balaban J connectivity index is 1.99. The Morgan fingerprint density at radius 2 is 1.04 bits per heavy atom. The molecule has 0 aromatic heterocycles. The maximum absolute atomic E-state index is 11.9. The van der Waals surface area contributed by atoms with Crippen LogP contribution < -0.4 is 10.9 Å². The van der Waals surface area contributed by atoms with Gasteiger partial charge in [-0.1, -0.05) is 58.5 Å². The molecule has 0 bridgehead atoms. The molecule has 0 radical (unpaired) electrons. The number of halogens is 4. The van der Waals surface area contributed by atoms with Crippen molar-refractivity contribution in [3.63, 3.8) is 0 Å². The van der Waals surface area contributed by atoms with Crippen LogP contribution in [0.5, 0.6) is 0 Å². The van der Waals surface area contributed by atoms with Crippen LogP contribution in [0.1, 0.15) is 25.0 Å². The highest BCUT2D eigenvalue weighted by Gasteiger charge is 2.13. The molecule has 2 rings (SSSR count). The number of carbonyl (C=O) groups excluding carboxylic acids is 2. The van der Waals surface area contributed by atoms with E-state index in [4.69, 9.17) is 46.4 Å². The number of benzene rings is 2. The summed E-state index contributed by atoms with van der Waals surface area (Å²) in [5.74, 6) is -1.96. The van der Waals surface area contributed by atoms with Crippen LogP contribution in [0.25, 0.3) is 0 Å². The topological polar surface area (TPSA) is 82.9 Å². The molecule has 146 valence electrons. The summed E-state index contributed by atoms with van der Waals surface area (Å²) in [7, 11) is 0. The first kappa shape index (κ1) is 22.2. The Labute approximate surface area is 181 Å². The number of nitrogens with one attached hydrogen (secondary N) is 2. The molecule has 10 heteroatoms. The van der Waals surface area contributed by atoms with Gasteiger partial charge in [0.15, 0.2) is 0 Å². The van der Waals surface area contributed by atoms with Gasteiger partial charge in [-0.15, -0.1) is 0 Å². The highest BCUT2D eigenvalue weighted by atomic mass is 35.5. The van der Waals surface area contributed by atoms with Crippen LogP contribution in [0.15, 0.2) is 46.6 Å². The number of hydrogen-bond donors (Lipinski definition) is 2. The summed E-state index contributed by atoms with van der Waals surface area (Å²) in [5, 5.41) is 9.24. The summed E-state index contributed by atoms with van der Waals surface area (Å²) in [6.07, 6.45) is 0. The maximum atomic E-state index is 11.9. The molecule has 0 saturated heterocycles. The van der Waals surface area contributed by atoms with E-state index in [0.717, 1.165) is 0 Å². The third-order valence-corrected chi connectivity index (χ3v) is 5.01. The number of carbonyl (C=O) groups is 2. The minimum atomic E-state index is -0.981. The molecule has 2 aromatic carbocycles. The van der Waals surface area contributed by atoms with Gasteiger partial charge in [0.2, 0.25) is 0 Å². The first-order valence-electron chi connectivity index (χ1n) is 7.78. The molecule has 0 saturated carbocycles. The molecule has 2 amide bonds. The molecule has 2 aromatic rings. The van der Waals surface area contributed by atoms with Crippen molar-refractivity contribution in [3.05, 3.63) is 67.6 Å². The molecule has 0 fully saturated rings. The van der Waals surface area contributed by atoms with E-state index in [1.54, 1.807) is 50.2 Å². The van der Waals surface area contributed by atoms with E-state index in [9.17, 15) is 9.59 Å². The van der Waals surface area contributed by atoms with Gasteiger partial charge in [0, 0.05) is 0 Å². The van der Waals surface area contributed by atoms with E-state index in [-0.39, 0.29) is 0 Å². The molecule has 0 atom stereocenters. The first-order valence-corrected chi connectivity index (χ1v) is 9.30. The Bertz CT molecular complexity index is 910. The second-order valence-corrected chi connectivity index (χ2v) is 7.16. The predicted octanol–water partition coefficient (Wildman–Crippen LogP) is 4.68. The smallest absolute Gasteiger partial charge is 0.262 e. The second-order valence-electron chi connectivity index (χ2n) is 5.53. The molecule has 0 aliphatic heterocycles. The number of rotatable bonds is 4. The van der Waals surface area contributed by atoms with E-state index >= 15 is 0 Å². The van der Waals surface area contributed by atoms with Gasteiger partial charge in [-0.25, -0.2) is 10.9 Å². The molecule has 0 aliphatic carbocycles. The van der Waals surface area contributed by atoms with E-state index in [1.807, 2.05) is 0 Å². The molecular weight excluding hydrogens is 446 g/mol. The van der Waals surface area contributed by atoms with Crippen LogP contribution in [0.4, 0.5) is 0 Å². The Kier molecular flexibility index (Phi) is 7.83. The van der Waals surface area contributed by atoms with Crippen molar-refractivity contribution < 1.29 is 9.59 Å². The average molecular weight is 460 g/mol. The summed E-state index contributed by atoms with van der Waals surface area (Å²) >= 11 is 23.6. The van der Waals surface area contributed by atoms with Crippen LogP contribution in [0, 0.1) is 0 Å². The zero-order valence-corrected chi connectivity index (χ0v) is 17.7. The van der Waals surface area contributed by atoms with Crippen LogP contribution >= 0.6 is 46.4 Å². The largest absolute Gasteiger partial charge is 0.331 e. The highest BCUT2D eigenvalue weighted by molar-refractivity contribution is 6.42. The van der Waals surface area contributed by atoms with Crippen molar-refractivity contribution in [2.75, 3.05) is 0 Å². The van der Waals surface area contributed by atoms with Gasteiger partial charge >= 0.3 is 11.8 Å². The molecular formula is C18H14Cl4N4O2. The highest BCUT2D eigenvalue weighted by Crippen LogP contribution is 2.23. The van der Waals surface area contributed by atoms with E-state index < -0.39 is 11.8 Å². The van der Waals surface area contributed by atoms with Gasteiger partial charge in [-0.3, -0.25) is 9.59 Å². The number of nitrogens with zero attached hydrogens (tertiary/aromatic N) is 2. The van der Waals surface area contributed by atoms with Gasteiger partial charge in [-0.2, -0.15) is 10.2 Å². The molecule has 2 N–H and O–H groups in total. The van der Waals surface area contributed by atoms with Gasteiger partial charge in [-0.05, 0) is 49.2 Å². The Morgan fingerprint density at radius 3 is 1.36 bits per heavy atom. The number of amides is 2. The average Bonchev–Trinajstić information content (AvgIpc) is 2.67. The standard InChI is InChI=1S/C18H14Cl4N4O2/c1-9(11-3-5-13(19)15(21)7-11)23-25-17(27)18(28)26-24-10(2)12-4-6-14(20)16(22)8-12/h3-8H,1-2H3,(H,25,27)(H,26,28)/b23-9+,24-10+. The zero-order valence-electron chi connectivity index (χ0n) is 14.7. The van der Waals surface area contributed by atoms with Crippen LogP contribution in [-0.4, -0.2) is 23.2 Å². The second kappa shape index (κ2) is 9.89. The molecule has 0 aliphatic rings. The monoisotopic (exact) mass is 458 g/mol. The predicted molar refractivity (Wildman–Crippen MR) is 114 cm³/mol. The third kappa shape index (κ3) is 5.94. The normalized spacial score (nSPS) is 11.9. The van der Waals surface area contributed by atoms with Gasteiger partial charge < -0.3 is 0 Å². The zero-order chi connectivity index (χ0) is 20.8. The summed E-state index contributed by atoms with van der Waals surface area (Å²) in [5.41, 5.74) is 6.46. The van der Waals surface area contributed by atoms with E-state index in [2.05, 4.69) is 21.1 Å². The summed E-state index contributed by atoms with van der Waals surface area (Å²) in [4.78, 5) is 23.7. The fourth-order valence-corrected chi connectivity index (χ4v) is 2.54. The summed E-state index contributed by atoms with van der Waals surface area (Å²) in [6, 6.07) is 9.77. The van der Waals surface area contributed by atoms with Crippen molar-refractivity contribution in [2.45, 2.75) is 13.8 Å². The lowest BCUT2D eigenvalue weighted by atomic mass is 10.1. The van der Waals surface area contributed by atoms with E-state index in [1.165, 1.54) is 0 Å². The van der Waals surface area contributed by atoms with Crippen LogP contribution in [0.2, 0.25) is 20.1 Å². The molecule has 0 heterocycles. The van der Waals surface area contributed by atoms with Gasteiger partial charge in [0.25, 0.3) is 0 Å². The fraction of sp³-hybridized carbons (Fsp3) is 0.111. The molecule has 6 nitrogen and oxygen atoms in total. The fourth-order valence-electron chi connectivity index (χ4n) is 1.94. The van der Waals surface area contributed by atoms with Crippen molar-refractivity contribution in [2.24, 2.45) is 10.2 Å². The Morgan fingerprint density at radius 1 is 0.679 bits per heavy atom. The lowest BCUT2D eigenvalue weighted by Crippen LogP contribution is -2.36. The molecule has 0 spiro atoms. The number of hydrazone groups is 2. The minimum absolute atomic E-state index is 0.352. The molecule has 0 unspecified atom stereocenters. The van der Waals surface area contributed by atoms with Crippen LogP contribution in [-0.2, 0) is 9.59 Å². The number of hydrogen-bond acceptors (Lipinski definition) is 4. The summed E-state index contributed by atoms with van der Waals surface area (Å²) < 4.78 is 0. The van der Waals surface area contributed by atoms with Crippen LogP contribution in [0.3, 0.4) is 0 Å². The van der Waals surface area contributed by atoms with Crippen molar-refractivity contribution >= 4 is 69.6 Å². The molecule has 28 heavy (non-hydrogen) atoms. The van der Waals surface area contributed by atoms with E-state index in [0.29, 0.717) is 42.6 Å². The lowest BCUT2D eigenvalue weighted by Gasteiger charge is -2.05. The first-order chi connectivity index (χ1) is 13.2. The van der Waals surface area contributed by atoms with Crippen molar-refractivity contribution in [1.29, 1.82) is 0 Å². The lowest BCUT2D eigenvalue weighted by molar-refractivity contribution is -0.139. The SMILES string of the molecule is C/C(=N\NC(=O)C(=O)N/N=C(\C)c1ccc(Cl)c(Cl)c1)c1ccc(Cl)c(Cl)c1. The summed E-state index contributed by atoms with van der Waals surface area (Å²) in [6.45, 7) is 3.29. The minimum Gasteiger partial charge on any atom is -0.262 e. The Hall–Kier alpha value is -2.12. The quantitative estimate of drug-likeness (QED) is 0.395. The van der Waals surface area contributed by atoms with Gasteiger partial charge in [0.05, 0.1) is 31.5 Å². The van der Waals surface area contributed by atoms with Gasteiger partial charge in [0.1, 0.15) is 0 Å². The van der Waals surface area contributed by atoms with Crippen molar-refractivity contribution in [1.82, 2.24) is 10.9 Å².